The zero-order valence-corrected chi connectivity index (χ0v) is 10.4. The molecule has 0 aliphatic heterocycles. The van der Waals surface area contributed by atoms with Crippen molar-refractivity contribution in [1.82, 2.24) is 0 Å². The zero-order valence-electron chi connectivity index (χ0n) is 9.57. The Kier molecular flexibility index (Phi) is 7.60. The van der Waals surface area contributed by atoms with Crippen LogP contribution >= 0.6 is 11.8 Å². The predicted octanol–water partition coefficient (Wildman–Crippen LogP) is 1.65. The minimum atomic E-state index is -0.226. The summed E-state index contributed by atoms with van der Waals surface area (Å²) in [5.41, 5.74) is 5.35. The summed E-state index contributed by atoms with van der Waals surface area (Å²) >= 11 is 1.76. The Hall–Kier alpha value is -0.420. The number of nitrogens with two attached hydrogens (primary N) is 1. The molecule has 0 aromatic rings. The van der Waals surface area contributed by atoms with Gasteiger partial charge in [0.2, 0.25) is 0 Å². The summed E-state index contributed by atoms with van der Waals surface area (Å²) in [6.07, 6.45) is 3.08. The molecule has 5 heteroatoms. The van der Waals surface area contributed by atoms with Crippen LogP contribution in [0.15, 0.2) is 5.16 Å². The molecule has 0 bridgehead atoms. The molecular weight excluding hydrogens is 212 g/mol. The molecule has 0 aromatic carbocycles. The average molecular weight is 234 g/mol. The molecule has 0 saturated carbocycles. The van der Waals surface area contributed by atoms with Crippen LogP contribution in [0.3, 0.4) is 0 Å². The van der Waals surface area contributed by atoms with E-state index in [0.717, 1.165) is 30.8 Å². The van der Waals surface area contributed by atoms with Gasteiger partial charge in [0.15, 0.2) is 0 Å². The molecule has 0 fully saturated rings. The number of unbranched alkanes of at least 4 members (excludes halogenated alkanes) is 1. The summed E-state index contributed by atoms with van der Waals surface area (Å²) in [6.45, 7) is 4.20. The fraction of sp³-hybridized carbons (Fsp3) is 0.900. The Labute approximate surface area is 95.9 Å². The first kappa shape index (κ1) is 14.6. The fourth-order valence-electron chi connectivity index (χ4n) is 1.20. The summed E-state index contributed by atoms with van der Waals surface area (Å²) < 4.78 is 0. The zero-order chi connectivity index (χ0) is 11.7. The number of amidine groups is 1. The second kappa shape index (κ2) is 7.82. The van der Waals surface area contributed by atoms with Gasteiger partial charge in [-0.3, -0.25) is 0 Å². The highest BCUT2D eigenvalue weighted by Crippen LogP contribution is 2.23. The van der Waals surface area contributed by atoms with Gasteiger partial charge in [0.25, 0.3) is 0 Å². The quantitative estimate of drug-likeness (QED) is 0.196. The van der Waals surface area contributed by atoms with Gasteiger partial charge in [-0.1, -0.05) is 25.4 Å². The van der Waals surface area contributed by atoms with Gasteiger partial charge in [0, 0.05) is 11.2 Å². The normalized spacial score (nSPS) is 13.1. The van der Waals surface area contributed by atoms with Crippen molar-refractivity contribution < 1.29 is 10.3 Å². The highest BCUT2D eigenvalue weighted by Gasteiger charge is 2.22. The Balaban J connectivity index is 3.58. The molecule has 0 atom stereocenters. The number of nitrogens with zero attached hydrogens (tertiary/aromatic N) is 1. The number of hydrogen-bond donors (Lipinski definition) is 3. The van der Waals surface area contributed by atoms with E-state index in [1.807, 2.05) is 13.8 Å². The lowest BCUT2D eigenvalue weighted by molar-refractivity contribution is 0.304. The summed E-state index contributed by atoms with van der Waals surface area (Å²) in [5, 5.41) is 20.2. The monoisotopic (exact) mass is 234 g/mol. The molecule has 15 heavy (non-hydrogen) atoms. The SMILES string of the molecule is CC(C)(CCCCSCCO)C(N)=NO. The van der Waals surface area contributed by atoms with Crippen LogP contribution in [0.25, 0.3) is 0 Å². The summed E-state index contributed by atoms with van der Waals surface area (Å²) in [6, 6.07) is 0. The third kappa shape index (κ3) is 6.62. The molecular formula is C10H22N2O2S. The van der Waals surface area contributed by atoms with Gasteiger partial charge < -0.3 is 16.0 Å². The van der Waals surface area contributed by atoms with Gasteiger partial charge in [0.05, 0.1) is 6.61 Å². The van der Waals surface area contributed by atoms with Crippen LogP contribution < -0.4 is 5.73 Å². The van der Waals surface area contributed by atoms with Crippen LogP contribution in [0.5, 0.6) is 0 Å². The smallest absolute Gasteiger partial charge is 0.144 e. The Morgan fingerprint density at radius 1 is 1.33 bits per heavy atom. The first-order valence-corrected chi connectivity index (χ1v) is 6.36. The number of oxime groups is 1. The Morgan fingerprint density at radius 3 is 2.53 bits per heavy atom. The topological polar surface area (TPSA) is 78.8 Å². The van der Waals surface area contributed by atoms with Gasteiger partial charge in [-0.2, -0.15) is 11.8 Å². The van der Waals surface area contributed by atoms with Crippen molar-refractivity contribution in [1.29, 1.82) is 0 Å². The van der Waals surface area contributed by atoms with E-state index < -0.39 is 0 Å². The maximum Gasteiger partial charge on any atom is 0.144 e. The van der Waals surface area contributed by atoms with Crippen molar-refractivity contribution in [2.45, 2.75) is 33.1 Å². The molecule has 0 aliphatic carbocycles. The van der Waals surface area contributed by atoms with Gasteiger partial charge in [-0.25, -0.2) is 0 Å². The van der Waals surface area contributed by atoms with Crippen LogP contribution in [-0.2, 0) is 0 Å². The van der Waals surface area contributed by atoms with Crippen LogP contribution in [0.4, 0.5) is 0 Å². The van der Waals surface area contributed by atoms with E-state index in [-0.39, 0.29) is 12.0 Å². The molecule has 0 saturated heterocycles. The standard InChI is InChI=1S/C10H22N2O2S/c1-10(2,9(11)12-14)5-3-4-7-15-8-6-13/h13-14H,3-8H2,1-2H3,(H2,11,12). The summed E-state index contributed by atoms with van der Waals surface area (Å²) in [5.74, 6) is 2.17. The highest BCUT2D eigenvalue weighted by molar-refractivity contribution is 7.99. The summed E-state index contributed by atoms with van der Waals surface area (Å²) in [4.78, 5) is 0. The Bertz CT molecular complexity index is 196. The number of thioether (sulfide) groups is 1. The van der Waals surface area contributed by atoms with Crippen LogP contribution in [-0.4, -0.2) is 34.3 Å². The van der Waals surface area contributed by atoms with Crippen molar-refractivity contribution >= 4 is 17.6 Å². The first-order chi connectivity index (χ1) is 7.04. The first-order valence-electron chi connectivity index (χ1n) is 5.21. The number of rotatable bonds is 8. The van der Waals surface area contributed by atoms with Crippen molar-refractivity contribution in [3.8, 4) is 0 Å². The van der Waals surface area contributed by atoms with E-state index in [0.29, 0.717) is 5.84 Å². The second-order valence-corrected chi connectivity index (χ2v) is 5.39. The maximum atomic E-state index is 8.58. The minimum Gasteiger partial charge on any atom is -0.409 e. The lowest BCUT2D eigenvalue weighted by Gasteiger charge is -2.22. The largest absolute Gasteiger partial charge is 0.409 e. The Morgan fingerprint density at radius 2 is 2.00 bits per heavy atom. The van der Waals surface area contributed by atoms with E-state index in [4.69, 9.17) is 16.0 Å². The molecule has 0 spiro atoms. The fourth-order valence-corrected chi connectivity index (χ4v) is 1.94. The molecule has 4 nitrogen and oxygen atoms in total. The van der Waals surface area contributed by atoms with Crippen LogP contribution in [0.1, 0.15) is 33.1 Å². The third-order valence-corrected chi connectivity index (χ3v) is 3.43. The molecule has 0 unspecified atom stereocenters. The van der Waals surface area contributed by atoms with Gasteiger partial charge >= 0.3 is 0 Å². The van der Waals surface area contributed by atoms with Crippen LogP contribution in [0, 0.1) is 5.41 Å². The molecule has 0 aromatic heterocycles. The van der Waals surface area contributed by atoms with E-state index in [9.17, 15) is 0 Å². The third-order valence-electron chi connectivity index (χ3n) is 2.38. The minimum absolute atomic E-state index is 0.226. The molecule has 4 N–H and O–H groups in total. The van der Waals surface area contributed by atoms with Crippen molar-refractivity contribution in [3.05, 3.63) is 0 Å². The van der Waals surface area contributed by atoms with E-state index in [1.54, 1.807) is 11.8 Å². The van der Waals surface area contributed by atoms with Crippen LogP contribution in [0.2, 0.25) is 0 Å². The van der Waals surface area contributed by atoms with Crippen molar-refractivity contribution in [2.24, 2.45) is 16.3 Å². The van der Waals surface area contributed by atoms with E-state index in [1.165, 1.54) is 0 Å². The maximum absolute atomic E-state index is 8.58. The molecule has 0 amide bonds. The van der Waals surface area contributed by atoms with Gasteiger partial charge in [-0.05, 0) is 18.6 Å². The number of aliphatic hydroxyl groups excluding tert-OH is 1. The molecule has 90 valence electrons. The molecule has 0 heterocycles. The second-order valence-electron chi connectivity index (χ2n) is 4.16. The molecule has 0 aliphatic rings. The van der Waals surface area contributed by atoms with E-state index in [2.05, 4.69) is 5.16 Å². The van der Waals surface area contributed by atoms with E-state index >= 15 is 0 Å². The molecule has 0 rings (SSSR count). The average Bonchev–Trinajstić information content (AvgIpc) is 2.22. The molecule has 0 radical (unpaired) electrons. The number of hydrogen-bond acceptors (Lipinski definition) is 4. The van der Waals surface area contributed by atoms with Crippen molar-refractivity contribution in [3.63, 3.8) is 0 Å². The highest BCUT2D eigenvalue weighted by atomic mass is 32.2. The predicted molar refractivity (Wildman–Crippen MR) is 65.5 cm³/mol. The lowest BCUT2D eigenvalue weighted by Crippen LogP contribution is -2.31. The number of aliphatic hydroxyl groups is 1. The van der Waals surface area contributed by atoms with Crippen molar-refractivity contribution in [2.75, 3.05) is 18.1 Å². The summed E-state index contributed by atoms with van der Waals surface area (Å²) in [7, 11) is 0. The lowest BCUT2D eigenvalue weighted by atomic mass is 9.86. The van der Waals surface area contributed by atoms with Gasteiger partial charge in [0.1, 0.15) is 5.84 Å². The van der Waals surface area contributed by atoms with Gasteiger partial charge in [-0.15, -0.1) is 0 Å².